The number of likely N-dealkylation sites (tertiary alicyclic amines) is 1. The third-order valence-corrected chi connectivity index (χ3v) is 4.92. The Labute approximate surface area is 154 Å². The summed E-state index contributed by atoms with van der Waals surface area (Å²) in [5.74, 6) is -0.339. The molecule has 0 aliphatic carbocycles. The monoisotopic (exact) mass is 371 g/mol. The Morgan fingerprint density at radius 2 is 2.00 bits per heavy atom. The average Bonchev–Trinajstić information content (AvgIpc) is 3.28. The van der Waals surface area contributed by atoms with Gasteiger partial charge < -0.3 is 14.6 Å². The van der Waals surface area contributed by atoms with Crippen LogP contribution in [0.25, 0.3) is 16.6 Å². The van der Waals surface area contributed by atoms with Gasteiger partial charge in [-0.2, -0.15) is 5.10 Å². The number of nitrogens with one attached hydrogen (secondary N) is 1. The van der Waals surface area contributed by atoms with Crippen molar-refractivity contribution in [2.75, 3.05) is 19.6 Å². The molecular formula is C18H21N5O4. The van der Waals surface area contributed by atoms with Crippen LogP contribution in [0.4, 0.5) is 0 Å². The summed E-state index contributed by atoms with van der Waals surface area (Å²) in [7, 11) is 0. The molecule has 1 N–H and O–H groups in total. The summed E-state index contributed by atoms with van der Waals surface area (Å²) in [6, 6.07) is 3.42. The molecule has 0 atom stereocenters. The fourth-order valence-corrected chi connectivity index (χ4v) is 3.42. The summed E-state index contributed by atoms with van der Waals surface area (Å²) in [6.07, 6.45) is 6.34. The number of rotatable bonds is 5. The minimum absolute atomic E-state index is 0.00467. The largest absolute Gasteiger partial charge is 0.463 e. The van der Waals surface area contributed by atoms with Gasteiger partial charge >= 0.3 is 0 Å². The first-order chi connectivity index (χ1) is 13.1. The molecule has 0 radical (unpaired) electrons. The first kappa shape index (κ1) is 17.3. The molecule has 1 aliphatic rings. The van der Waals surface area contributed by atoms with Crippen LogP contribution in [0.1, 0.15) is 25.7 Å². The van der Waals surface area contributed by atoms with Gasteiger partial charge in [0.1, 0.15) is 11.8 Å². The zero-order valence-electron chi connectivity index (χ0n) is 14.9. The minimum atomic E-state index is -0.291. The van der Waals surface area contributed by atoms with Gasteiger partial charge in [-0.05, 0) is 19.3 Å². The number of carbonyl (C=O) groups excluding carboxylic acids is 2. The van der Waals surface area contributed by atoms with Crippen LogP contribution in [-0.4, -0.2) is 50.5 Å². The molecule has 3 aromatic heterocycles. The van der Waals surface area contributed by atoms with Crippen LogP contribution >= 0.6 is 0 Å². The standard InChI is InChI=1S/C18H21N5O4/c24-16(19-11-17(25)21-6-2-1-3-7-21)4-8-23-18(26)14-10-15-13(5-9-27-15)22(14)12-20-23/h5,9-10,12H,1-4,6-8,11H2,(H,19,24). The molecular weight excluding hydrogens is 350 g/mol. The van der Waals surface area contributed by atoms with E-state index in [1.165, 1.54) is 11.0 Å². The number of hydrogen-bond acceptors (Lipinski definition) is 5. The summed E-state index contributed by atoms with van der Waals surface area (Å²) in [6.45, 7) is 1.66. The number of nitrogens with zero attached hydrogens (tertiary/aromatic N) is 4. The number of carbonyl (C=O) groups is 2. The van der Waals surface area contributed by atoms with Crippen molar-refractivity contribution in [1.29, 1.82) is 0 Å². The second-order valence-electron chi connectivity index (χ2n) is 6.70. The summed E-state index contributed by atoms with van der Waals surface area (Å²) >= 11 is 0. The molecule has 1 fully saturated rings. The molecule has 0 aromatic carbocycles. The summed E-state index contributed by atoms with van der Waals surface area (Å²) < 4.78 is 8.22. The van der Waals surface area contributed by atoms with Crippen molar-refractivity contribution >= 4 is 28.4 Å². The van der Waals surface area contributed by atoms with Gasteiger partial charge in [-0.3, -0.25) is 18.8 Å². The lowest BCUT2D eigenvalue weighted by Gasteiger charge is -2.26. The second kappa shape index (κ2) is 7.26. The van der Waals surface area contributed by atoms with Crippen LogP contribution in [-0.2, 0) is 16.1 Å². The van der Waals surface area contributed by atoms with Gasteiger partial charge in [0, 0.05) is 31.6 Å². The third kappa shape index (κ3) is 3.44. The number of amides is 2. The van der Waals surface area contributed by atoms with Gasteiger partial charge in [-0.1, -0.05) is 0 Å². The molecule has 0 saturated carbocycles. The van der Waals surface area contributed by atoms with Gasteiger partial charge in [0.25, 0.3) is 5.56 Å². The highest BCUT2D eigenvalue weighted by Crippen LogP contribution is 2.18. The number of aryl methyl sites for hydroxylation is 1. The van der Waals surface area contributed by atoms with Gasteiger partial charge in [0.2, 0.25) is 11.8 Å². The minimum Gasteiger partial charge on any atom is -0.463 e. The Hall–Kier alpha value is -3.10. The fourth-order valence-electron chi connectivity index (χ4n) is 3.42. The van der Waals surface area contributed by atoms with E-state index in [0.29, 0.717) is 11.1 Å². The predicted octanol–water partition coefficient (Wildman–Crippen LogP) is 0.761. The molecule has 142 valence electrons. The molecule has 27 heavy (non-hydrogen) atoms. The summed E-state index contributed by atoms with van der Waals surface area (Å²) in [5, 5.41) is 6.75. The highest BCUT2D eigenvalue weighted by Gasteiger charge is 2.17. The summed E-state index contributed by atoms with van der Waals surface area (Å²) in [5.41, 5.74) is 1.54. The van der Waals surface area contributed by atoms with Crippen molar-refractivity contribution in [3.8, 4) is 0 Å². The quantitative estimate of drug-likeness (QED) is 0.713. The third-order valence-electron chi connectivity index (χ3n) is 4.92. The van der Waals surface area contributed by atoms with Gasteiger partial charge in [-0.25, -0.2) is 4.68 Å². The van der Waals surface area contributed by atoms with Crippen LogP contribution in [0.2, 0.25) is 0 Å². The van der Waals surface area contributed by atoms with Crippen LogP contribution in [0, 0.1) is 0 Å². The van der Waals surface area contributed by atoms with Crippen molar-refractivity contribution < 1.29 is 14.0 Å². The molecule has 4 rings (SSSR count). The van der Waals surface area contributed by atoms with E-state index >= 15 is 0 Å². The highest BCUT2D eigenvalue weighted by molar-refractivity contribution is 5.85. The molecule has 3 aromatic rings. The lowest BCUT2D eigenvalue weighted by Crippen LogP contribution is -2.42. The van der Waals surface area contributed by atoms with E-state index in [4.69, 9.17) is 4.42 Å². The van der Waals surface area contributed by atoms with Crippen molar-refractivity contribution in [2.24, 2.45) is 0 Å². The molecule has 2 amide bonds. The molecule has 1 aliphatic heterocycles. The van der Waals surface area contributed by atoms with Crippen LogP contribution in [0.3, 0.4) is 0 Å². The number of furan rings is 1. The smallest absolute Gasteiger partial charge is 0.291 e. The Morgan fingerprint density at radius 1 is 1.19 bits per heavy atom. The highest BCUT2D eigenvalue weighted by atomic mass is 16.3. The summed E-state index contributed by atoms with van der Waals surface area (Å²) in [4.78, 5) is 38.4. The van der Waals surface area contributed by atoms with Gasteiger partial charge in [0.05, 0.1) is 24.9 Å². The van der Waals surface area contributed by atoms with Crippen LogP contribution < -0.4 is 10.9 Å². The molecule has 0 spiro atoms. The predicted molar refractivity (Wildman–Crippen MR) is 97.3 cm³/mol. The Morgan fingerprint density at radius 3 is 2.81 bits per heavy atom. The number of hydrogen-bond donors (Lipinski definition) is 1. The number of aromatic nitrogens is 3. The SMILES string of the molecule is O=C(CCn1ncn2c(cc3occc32)c1=O)NCC(=O)N1CCCCC1. The molecule has 0 unspecified atom stereocenters. The van der Waals surface area contributed by atoms with Gasteiger partial charge in [-0.15, -0.1) is 0 Å². The maximum Gasteiger partial charge on any atom is 0.291 e. The number of piperidine rings is 1. The van der Waals surface area contributed by atoms with E-state index < -0.39 is 0 Å². The van der Waals surface area contributed by atoms with Crippen molar-refractivity contribution in [3.63, 3.8) is 0 Å². The van der Waals surface area contributed by atoms with Crippen LogP contribution in [0.15, 0.2) is 33.9 Å². The second-order valence-corrected chi connectivity index (χ2v) is 6.70. The average molecular weight is 371 g/mol. The lowest BCUT2D eigenvalue weighted by molar-refractivity contribution is -0.133. The van der Waals surface area contributed by atoms with E-state index in [1.807, 2.05) is 0 Å². The van der Waals surface area contributed by atoms with E-state index in [0.717, 1.165) is 37.9 Å². The zero-order chi connectivity index (χ0) is 18.8. The van der Waals surface area contributed by atoms with E-state index in [2.05, 4.69) is 10.4 Å². The van der Waals surface area contributed by atoms with Crippen molar-refractivity contribution in [3.05, 3.63) is 35.1 Å². The normalized spacial score (nSPS) is 14.7. The maximum atomic E-state index is 12.5. The molecule has 9 nitrogen and oxygen atoms in total. The zero-order valence-corrected chi connectivity index (χ0v) is 14.9. The Bertz CT molecular complexity index is 1040. The fraction of sp³-hybridized carbons (Fsp3) is 0.444. The van der Waals surface area contributed by atoms with E-state index in [9.17, 15) is 14.4 Å². The van der Waals surface area contributed by atoms with Crippen LogP contribution in [0.5, 0.6) is 0 Å². The first-order valence-corrected chi connectivity index (χ1v) is 9.12. The Kier molecular flexibility index (Phi) is 4.66. The lowest BCUT2D eigenvalue weighted by atomic mass is 10.1. The van der Waals surface area contributed by atoms with Crippen molar-refractivity contribution in [2.45, 2.75) is 32.2 Å². The van der Waals surface area contributed by atoms with E-state index in [-0.39, 0.29) is 36.9 Å². The molecule has 0 bridgehead atoms. The molecule has 4 heterocycles. The van der Waals surface area contributed by atoms with Crippen molar-refractivity contribution in [1.82, 2.24) is 24.4 Å². The first-order valence-electron chi connectivity index (χ1n) is 9.12. The number of fused-ring (bicyclic) bond motifs is 3. The Balaban J connectivity index is 1.35. The molecule has 1 saturated heterocycles. The van der Waals surface area contributed by atoms with E-state index in [1.54, 1.807) is 27.7 Å². The topological polar surface area (TPSA) is 102 Å². The van der Waals surface area contributed by atoms with Gasteiger partial charge in [0.15, 0.2) is 5.58 Å². The molecule has 9 heteroatoms. The maximum absolute atomic E-state index is 12.5.